The quantitative estimate of drug-likeness (QED) is 0.294. The third-order valence-electron chi connectivity index (χ3n) is 8.64. The van der Waals surface area contributed by atoms with Gasteiger partial charge in [0, 0.05) is 44.2 Å². The summed E-state index contributed by atoms with van der Waals surface area (Å²) >= 11 is 1.71. The zero-order valence-corrected chi connectivity index (χ0v) is 24.4. The summed E-state index contributed by atoms with van der Waals surface area (Å²) in [4.78, 5) is 47.8. The summed E-state index contributed by atoms with van der Waals surface area (Å²) in [6, 6.07) is 5.45. The van der Waals surface area contributed by atoms with Gasteiger partial charge in [0.25, 0.3) is 5.91 Å². The molecule has 39 heavy (non-hydrogen) atoms. The van der Waals surface area contributed by atoms with E-state index in [2.05, 4.69) is 13.2 Å². The first kappa shape index (κ1) is 29.4. The van der Waals surface area contributed by atoms with E-state index < -0.39 is 22.6 Å². The van der Waals surface area contributed by atoms with Gasteiger partial charge in [-0.2, -0.15) is 0 Å². The van der Waals surface area contributed by atoms with Crippen molar-refractivity contribution in [3.63, 3.8) is 0 Å². The van der Waals surface area contributed by atoms with Crippen LogP contribution in [0, 0.1) is 25.7 Å². The molecule has 3 saturated heterocycles. The Kier molecular flexibility index (Phi) is 9.27. The Morgan fingerprint density at radius 3 is 2.54 bits per heavy atom. The summed E-state index contributed by atoms with van der Waals surface area (Å²) < 4.78 is -0.615. The van der Waals surface area contributed by atoms with Crippen molar-refractivity contribution in [2.24, 2.45) is 11.8 Å². The fraction of sp³-hybridized carbons (Fsp3) is 0.581. The number of likely N-dealkylation sites (tertiary alicyclic amines) is 1. The van der Waals surface area contributed by atoms with Gasteiger partial charge in [-0.3, -0.25) is 14.4 Å². The van der Waals surface area contributed by atoms with E-state index in [1.165, 1.54) is 0 Å². The van der Waals surface area contributed by atoms with Crippen molar-refractivity contribution in [1.82, 2.24) is 9.80 Å². The summed E-state index contributed by atoms with van der Waals surface area (Å²) in [5, 5.41) is 9.21. The lowest BCUT2D eigenvalue weighted by molar-refractivity contribution is -0.143. The molecule has 3 amide bonds. The number of carbonyl (C=O) groups excluding carboxylic acids is 3. The Labute approximate surface area is 237 Å². The van der Waals surface area contributed by atoms with Crippen LogP contribution in [0.1, 0.15) is 49.7 Å². The van der Waals surface area contributed by atoms with E-state index in [9.17, 15) is 19.5 Å². The molecule has 1 aromatic rings. The molecule has 3 aliphatic heterocycles. The molecule has 7 nitrogen and oxygen atoms in total. The van der Waals surface area contributed by atoms with Gasteiger partial charge in [0.2, 0.25) is 11.8 Å². The second-order valence-corrected chi connectivity index (χ2v) is 12.9. The Balaban J connectivity index is 1.73. The van der Waals surface area contributed by atoms with Gasteiger partial charge < -0.3 is 19.8 Å². The van der Waals surface area contributed by atoms with E-state index in [0.717, 1.165) is 55.3 Å². The van der Waals surface area contributed by atoms with E-state index in [4.69, 9.17) is 0 Å². The normalized spacial score (nSPS) is 27.0. The minimum atomic E-state index is -0.634. The van der Waals surface area contributed by atoms with Crippen LogP contribution in [0.3, 0.4) is 0 Å². The molecular weight excluding hydrogens is 510 g/mol. The van der Waals surface area contributed by atoms with Gasteiger partial charge in [0.15, 0.2) is 0 Å². The molecule has 1 aromatic carbocycles. The molecule has 0 aromatic heterocycles. The smallest absolute Gasteiger partial charge is 0.251 e. The number of thioether (sulfide) groups is 1. The lowest BCUT2D eigenvalue weighted by atomic mass is 9.70. The number of aliphatic hydroxyl groups excluding tert-OH is 1. The molecule has 0 radical (unpaired) electrons. The monoisotopic (exact) mass is 553 g/mol. The maximum Gasteiger partial charge on any atom is 0.251 e. The van der Waals surface area contributed by atoms with Crippen LogP contribution in [0.2, 0.25) is 0 Å². The number of hydrogen-bond acceptors (Lipinski definition) is 5. The molecule has 0 aliphatic carbocycles. The number of hydrogen-bond donors (Lipinski definition) is 1. The maximum absolute atomic E-state index is 14.7. The van der Waals surface area contributed by atoms with Crippen LogP contribution in [0.4, 0.5) is 5.69 Å². The Bertz CT molecular complexity index is 1120. The summed E-state index contributed by atoms with van der Waals surface area (Å²) in [6.45, 7) is 13.1. The van der Waals surface area contributed by atoms with Gasteiger partial charge >= 0.3 is 0 Å². The minimum Gasteiger partial charge on any atom is -0.396 e. The molecule has 8 heteroatoms. The van der Waals surface area contributed by atoms with Gasteiger partial charge in [-0.1, -0.05) is 37.1 Å². The largest absolute Gasteiger partial charge is 0.396 e. The van der Waals surface area contributed by atoms with Crippen molar-refractivity contribution in [3.05, 3.63) is 54.6 Å². The highest BCUT2D eigenvalue weighted by Crippen LogP contribution is 2.66. The molecule has 3 aliphatic rings. The molecule has 4 rings (SSSR count). The number of likely N-dealkylation sites (N-methyl/N-ethyl adjacent to an activating group) is 1. The van der Waals surface area contributed by atoms with E-state index >= 15 is 0 Å². The summed E-state index contributed by atoms with van der Waals surface area (Å²) in [5.41, 5.74) is 2.89. The van der Waals surface area contributed by atoms with E-state index in [1.807, 2.05) is 32.0 Å². The van der Waals surface area contributed by atoms with Crippen molar-refractivity contribution >= 4 is 35.2 Å². The molecular formula is C31H43N3O4S. The number of unbranched alkanes of at least 4 members (excludes halogenated alkanes) is 3. The molecule has 3 heterocycles. The zero-order chi connectivity index (χ0) is 28.3. The van der Waals surface area contributed by atoms with E-state index in [-0.39, 0.29) is 29.6 Å². The fourth-order valence-electron chi connectivity index (χ4n) is 6.83. The van der Waals surface area contributed by atoms with Gasteiger partial charge in [0.05, 0.1) is 16.6 Å². The van der Waals surface area contributed by atoms with Crippen molar-refractivity contribution in [2.45, 2.75) is 68.4 Å². The number of rotatable bonds is 13. The number of benzene rings is 1. The number of aryl methyl sites for hydroxylation is 2. The molecule has 3 fully saturated rings. The maximum atomic E-state index is 14.7. The highest BCUT2D eigenvalue weighted by atomic mass is 32.2. The van der Waals surface area contributed by atoms with Crippen molar-refractivity contribution in [1.29, 1.82) is 0 Å². The average molecular weight is 554 g/mol. The highest BCUT2D eigenvalue weighted by Gasteiger charge is 2.73. The Hall–Kier alpha value is -2.58. The summed E-state index contributed by atoms with van der Waals surface area (Å²) in [6.07, 6.45) is 8.25. The van der Waals surface area contributed by atoms with Crippen LogP contribution in [-0.4, -0.2) is 82.0 Å². The third-order valence-corrected chi connectivity index (χ3v) is 10.6. The highest BCUT2D eigenvalue weighted by molar-refractivity contribution is 8.02. The molecule has 2 bridgehead atoms. The lowest BCUT2D eigenvalue weighted by Crippen LogP contribution is -2.55. The number of amides is 3. The third kappa shape index (κ3) is 5.30. The molecule has 1 N–H and O–H groups in total. The Morgan fingerprint density at radius 2 is 1.85 bits per heavy atom. The van der Waals surface area contributed by atoms with E-state index in [0.29, 0.717) is 19.6 Å². The van der Waals surface area contributed by atoms with Gasteiger partial charge in [-0.05, 0) is 56.7 Å². The van der Waals surface area contributed by atoms with Crippen LogP contribution < -0.4 is 4.90 Å². The van der Waals surface area contributed by atoms with Crippen LogP contribution in [0.5, 0.6) is 0 Å². The predicted octanol–water partition coefficient (Wildman–Crippen LogP) is 4.11. The predicted molar refractivity (Wildman–Crippen MR) is 158 cm³/mol. The number of nitrogens with zero attached hydrogens (tertiary/aromatic N) is 3. The van der Waals surface area contributed by atoms with Crippen LogP contribution >= 0.6 is 11.8 Å². The van der Waals surface area contributed by atoms with Crippen LogP contribution in [0.25, 0.3) is 0 Å². The second-order valence-electron chi connectivity index (χ2n) is 11.3. The van der Waals surface area contributed by atoms with Gasteiger partial charge in [-0.25, -0.2) is 0 Å². The topological polar surface area (TPSA) is 81.2 Å². The van der Waals surface area contributed by atoms with Crippen molar-refractivity contribution in [2.75, 3.05) is 38.2 Å². The molecule has 0 saturated carbocycles. The SMILES string of the molecule is C=CCN(C)C(=O)[C@@H]1[C@@H]2CCC3(S2)C(C(=O)N(CC=C)c2cc(C)ccc2C)N(CCCCCCO)C(=O)[C@H]13. The fourth-order valence-corrected chi connectivity index (χ4v) is 9.04. The lowest BCUT2D eigenvalue weighted by Gasteiger charge is -2.38. The van der Waals surface area contributed by atoms with E-state index in [1.54, 1.807) is 45.7 Å². The number of fused-ring (bicyclic) bond motifs is 1. The summed E-state index contributed by atoms with van der Waals surface area (Å²) in [7, 11) is 1.76. The molecule has 2 unspecified atom stereocenters. The van der Waals surface area contributed by atoms with Crippen LogP contribution in [-0.2, 0) is 14.4 Å². The van der Waals surface area contributed by atoms with Gasteiger partial charge in [0.1, 0.15) is 6.04 Å². The molecule has 212 valence electrons. The van der Waals surface area contributed by atoms with Crippen LogP contribution in [0.15, 0.2) is 43.5 Å². The number of aliphatic hydroxyl groups is 1. The Morgan fingerprint density at radius 1 is 1.13 bits per heavy atom. The minimum absolute atomic E-state index is 0.0270. The zero-order valence-electron chi connectivity index (χ0n) is 23.6. The van der Waals surface area contributed by atoms with Crippen molar-refractivity contribution in [3.8, 4) is 0 Å². The number of carbonyl (C=O) groups is 3. The average Bonchev–Trinajstić information content (AvgIpc) is 3.55. The first-order valence-corrected chi connectivity index (χ1v) is 15.0. The molecule has 1 spiro atoms. The first-order valence-electron chi connectivity index (χ1n) is 14.2. The molecule has 5 atom stereocenters. The second kappa shape index (κ2) is 12.3. The van der Waals surface area contributed by atoms with Crippen molar-refractivity contribution < 1.29 is 19.5 Å². The first-order chi connectivity index (χ1) is 18.7. The standard InChI is InChI=1S/C31H43N3O4S/c1-6-16-32(5)28(36)25-24-14-15-31(39-24)26(25)29(37)34(18-10-8-9-11-19-35)27(31)30(38)33(17-7-2)23-20-21(3)12-13-22(23)4/h6-7,12-13,20,24-27,35H,1-2,8-11,14-19H2,3-5H3/t24-,25+,26-,27?,31?/m0/s1. The summed E-state index contributed by atoms with van der Waals surface area (Å²) in [5.74, 6) is -1.10. The number of anilines is 1. The van der Waals surface area contributed by atoms with Gasteiger partial charge in [-0.15, -0.1) is 24.9 Å².